The molecule has 0 bridgehead atoms. The molecule has 1 aromatic heterocycles. The van der Waals surface area contributed by atoms with Crippen LogP contribution in [0.1, 0.15) is 0 Å². The average molecular weight is 424 g/mol. The molecule has 0 amide bonds. The Morgan fingerprint density at radius 3 is 1.86 bits per heavy atom. The summed E-state index contributed by atoms with van der Waals surface area (Å²) in [5.41, 5.74) is 2.17. The minimum atomic E-state index is 0.893. The number of furan rings is 1. The molecule has 1 heterocycles. The number of thioether (sulfide) groups is 1. The molecular formula is C17H12Br2OS. The molecule has 0 unspecified atom stereocenters. The van der Waals surface area contributed by atoms with Gasteiger partial charge in [0.2, 0.25) is 0 Å². The lowest BCUT2D eigenvalue weighted by atomic mass is 10.1. The van der Waals surface area contributed by atoms with Crippen LogP contribution in [0.25, 0.3) is 22.6 Å². The van der Waals surface area contributed by atoms with Crippen LogP contribution in [-0.2, 0) is 0 Å². The van der Waals surface area contributed by atoms with Gasteiger partial charge < -0.3 is 4.42 Å². The van der Waals surface area contributed by atoms with Crippen LogP contribution in [0.2, 0.25) is 0 Å². The molecule has 0 radical (unpaired) electrons. The van der Waals surface area contributed by atoms with Crippen molar-refractivity contribution in [2.75, 3.05) is 6.26 Å². The zero-order valence-electron chi connectivity index (χ0n) is 11.3. The fourth-order valence-corrected chi connectivity index (χ4v) is 3.18. The van der Waals surface area contributed by atoms with Gasteiger partial charge in [0.15, 0.2) is 0 Å². The quantitative estimate of drug-likeness (QED) is 0.426. The molecule has 0 saturated heterocycles. The van der Waals surface area contributed by atoms with Crippen LogP contribution in [0.3, 0.4) is 0 Å². The van der Waals surface area contributed by atoms with Crippen LogP contribution in [0.4, 0.5) is 0 Å². The first-order chi connectivity index (χ1) is 10.2. The standard InChI is InChI=1S/C17H12Br2OS/c1-21-16-10-15(11-2-6-13(18)7-3-11)20-17(16)12-4-8-14(19)9-5-12/h2-10H,1H3. The SMILES string of the molecule is CSc1cc(-c2ccc(Br)cc2)oc1-c1ccc(Br)cc1. The van der Waals surface area contributed by atoms with E-state index in [0.29, 0.717) is 0 Å². The molecule has 4 heteroatoms. The number of benzene rings is 2. The topological polar surface area (TPSA) is 13.1 Å². The molecular weight excluding hydrogens is 412 g/mol. The molecule has 1 nitrogen and oxygen atoms in total. The first-order valence-electron chi connectivity index (χ1n) is 6.37. The van der Waals surface area contributed by atoms with Gasteiger partial charge in [0.25, 0.3) is 0 Å². The Hall–Kier alpha value is -0.970. The summed E-state index contributed by atoms with van der Waals surface area (Å²) in [6, 6.07) is 18.4. The number of hydrogen-bond donors (Lipinski definition) is 0. The summed E-state index contributed by atoms with van der Waals surface area (Å²) in [4.78, 5) is 1.15. The minimum Gasteiger partial charge on any atom is -0.455 e. The largest absolute Gasteiger partial charge is 0.455 e. The van der Waals surface area contributed by atoms with Gasteiger partial charge in [-0.2, -0.15) is 0 Å². The Bertz CT molecular complexity index is 745. The summed E-state index contributed by atoms with van der Waals surface area (Å²) in [6.45, 7) is 0. The molecule has 0 atom stereocenters. The van der Waals surface area contributed by atoms with E-state index in [4.69, 9.17) is 4.42 Å². The zero-order valence-corrected chi connectivity index (χ0v) is 15.3. The van der Waals surface area contributed by atoms with Gasteiger partial charge in [0, 0.05) is 20.1 Å². The van der Waals surface area contributed by atoms with E-state index in [1.54, 1.807) is 11.8 Å². The van der Waals surface area contributed by atoms with E-state index in [2.05, 4.69) is 68.4 Å². The lowest BCUT2D eigenvalue weighted by Crippen LogP contribution is -1.76. The van der Waals surface area contributed by atoms with E-state index < -0.39 is 0 Å². The van der Waals surface area contributed by atoms with Gasteiger partial charge in [-0.3, -0.25) is 0 Å². The lowest BCUT2D eigenvalue weighted by molar-refractivity contribution is 0.592. The van der Waals surface area contributed by atoms with Crippen LogP contribution in [-0.4, -0.2) is 6.26 Å². The lowest BCUT2D eigenvalue weighted by Gasteiger charge is -2.00. The summed E-state index contributed by atoms with van der Waals surface area (Å²) in [6.07, 6.45) is 2.07. The highest BCUT2D eigenvalue weighted by atomic mass is 79.9. The molecule has 0 fully saturated rings. The second kappa shape index (κ2) is 6.42. The zero-order chi connectivity index (χ0) is 14.8. The van der Waals surface area contributed by atoms with Crippen molar-refractivity contribution in [2.24, 2.45) is 0 Å². The third kappa shape index (κ3) is 3.28. The van der Waals surface area contributed by atoms with Crippen molar-refractivity contribution in [1.82, 2.24) is 0 Å². The van der Waals surface area contributed by atoms with Gasteiger partial charge in [0.1, 0.15) is 11.5 Å². The van der Waals surface area contributed by atoms with Crippen LogP contribution in [0.5, 0.6) is 0 Å². The van der Waals surface area contributed by atoms with Crippen LogP contribution in [0.15, 0.2) is 72.9 Å². The number of rotatable bonds is 3. The predicted molar refractivity (Wildman–Crippen MR) is 96.8 cm³/mol. The summed E-state index contributed by atoms with van der Waals surface area (Å²) in [5, 5.41) is 0. The van der Waals surface area contributed by atoms with Gasteiger partial charge in [-0.25, -0.2) is 0 Å². The van der Waals surface area contributed by atoms with Crippen LogP contribution >= 0.6 is 43.6 Å². The van der Waals surface area contributed by atoms with E-state index in [1.807, 2.05) is 24.3 Å². The Morgan fingerprint density at radius 1 is 0.810 bits per heavy atom. The van der Waals surface area contributed by atoms with Crippen LogP contribution in [0, 0.1) is 0 Å². The van der Waals surface area contributed by atoms with E-state index in [0.717, 1.165) is 36.5 Å². The number of hydrogen-bond acceptors (Lipinski definition) is 2. The molecule has 0 spiro atoms. The molecule has 2 aromatic carbocycles. The molecule has 3 aromatic rings. The highest BCUT2D eigenvalue weighted by molar-refractivity contribution is 9.10. The van der Waals surface area contributed by atoms with Crippen molar-refractivity contribution < 1.29 is 4.42 Å². The molecule has 21 heavy (non-hydrogen) atoms. The highest BCUT2D eigenvalue weighted by Crippen LogP contribution is 2.37. The first-order valence-corrected chi connectivity index (χ1v) is 9.18. The maximum absolute atomic E-state index is 6.11. The minimum absolute atomic E-state index is 0.893. The number of halogens is 2. The smallest absolute Gasteiger partial charge is 0.148 e. The fourth-order valence-electron chi connectivity index (χ4n) is 2.08. The Balaban J connectivity index is 2.05. The Labute approximate surface area is 145 Å². The molecule has 0 N–H and O–H groups in total. The maximum atomic E-state index is 6.11. The van der Waals surface area contributed by atoms with E-state index in [1.165, 1.54) is 0 Å². The normalized spacial score (nSPS) is 10.8. The second-order valence-electron chi connectivity index (χ2n) is 4.52. The third-order valence-corrected chi connectivity index (χ3v) is 4.95. The van der Waals surface area contributed by atoms with E-state index in [-0.39, 0.29) is 0 Å². The van der Waals surface area contributed by atoms with Crippen LogP contribution < -0.4 is 0 Å². The molecule has 0 aliphatic heterocycles. The fraction of sp³-hybridized carbons (Fsp3) is 0.0588. The molecule has 106 valence electrons. The van der Waals surface area contributed by atoms with E-state index in [9.17, 15) is 0 Å². The molecule has 0 aliphatic carbocycles. The van der Waals surface area contributed by atoms with Gasteiger partial charge in [-0.05, 0) is 36.6 Å². The third-order valence-electron chi connectivity index (χ3n) is 3.15. The van der Waals surface area contributed by atoms with Crippen molar-refractivity contribution in [2.45, 2.75) is 4.90 Å². The predicted octanol–water partition coefficient (Wildman–Crippen LogP) is 6.86. The van der Waals surface area contributed by atoms with Crippen molar-refractivity contribution in [3.8, 4) is 22.6 Å². The first kappa shape index (κ1) is 14.9. The Kier molecular flexibility index (Phi) is 4.57. The second-order valence-corrected chi connectivity index (χ2v) is 7.20. The van der Waals surface area contributed by atoms with Crippen molar-refractivity contribution in [3.05, 3.63) is 63.5 Å². The van der Waals surface area contributed by atoms with Gasteiger partial charge in [-0.1, -0.05) is 56.1 Å². The molecule has 0 saturated carbocycles. The summed E-state index contributed by atoms with van der Waals surface area (Å²) in [5.74, 6) is 1.82. The van der Waals surface area contributed by atoms with Gasteiger partial charge in [0.05, 0.1) is 4.90 Å². The van der Waals surface area contributed by atoms with Crippen molar-refractivity contribution in [3.63, 3.8) is 0 Å². The molecule has 3 rings (SSSR count). The van der Waals surface area contributed by atoms with E-state index >= 15 is 0 Å². The van der Waals surface area contributed by atoms with Gasteiger partial charge in [-0.15, -0.1) is 11.8 Å². The summed E-state index contributed by atoms with van der Waals surface area (Å²) >= 11 is 8.62. The molecule has 0 aliphatic rings. The monoisotopic (exact) mass is 422 g/mol. The van der Waals surface area contributed by atoms with Crippen molar-refractivity contribution in [1.29, 1.82) is 0 Å². The van der Waals surface area contributed by atoms with Crippen molar-refractivity contribution >= 4 is 43.6 Å². The Morgan fingerprint density at radius 2 is 1.33 bits per heavy atom. The van der Waals surface area contributed by atoms with Gasteiger partial charge >= 0.3 is 0 Å². The average Bonchev–Trinajstić information content (AvgIpc) is 2.93. The maximum Gasteiger partial charge on any atom is 0.148 e. The highest BCUT2D eigenvalue weighted by Gasteiger charge is 2.13. The summed E-state index contributed by atoms with van der Waals surface area (Å²) < 4.78 is 8.24. The summed E-state index contributed by atoms with van der Waals surface area (Å²) in [7, 11) is 0.